The summed E-state index contributed by atoms with van der Waals surface area (Å²) in [5.74, 6) is 1.01. The number of aromatic nitrogens is 2. The summed E-state index contributed by atoms with van der Waals surface area (Å²) in [7, 11) is 4.10. The molecule has 27 heavy (non-hydrogen) atoms. The second-order valence-electron chi connectivity index (χ2n) is 6.30. The Morgan fingerprint density at radius 1 is 0.963 bits per heavy atom. The minimum Gasteiger partial charge on any atom is -0.472 e. The van der Waals surface area contributed by atoms with Crippen molar-refractivity contribution in [3.05, 3.63) is 85.4 Å². The average molecular weight is 383 g/mol. The molecule has 0 aliphatic heterocycles. The van der Waals surface area contributed by atoms with Gasteiger partial charge in [-0.15, -0.1) is 11.8 Å². The minimum absolute atomic E-state index is 0.186. The molecule has 2 aromatic heterocycles. The van der Waals surface area contributed by atoms with Crippen LogP contribution in [0, 0.1) is 0 Å². The van der Waals surface area contributed by atoms with Crippen molar-refractivity contribution in [1.82, 2.24) is 14.9 Å². The van der Waals surface area contributed by atoms with Gasteiger partial charge in [-0.1, -0.05) is 12.1 Å². The number of H-pyrrole nitrogens is 2. The number of furan rings is 1. The second-order valence-corrected chi connectivity index (χ2v) is 7.47. The standard InChI is InChI=1S/C20H21N3O3S/c1-23(2)8-10-27-16-5-3-14(4-6-16)11-17-19(24)22-18(20(25)21-17)12-15-7-9-26-13-15/h3-7,9,11-13H,8,10H2,1-2H3,(H,21,25)(H,22,24)/b17-11-,18-12-. The molecule has 0 aliphatic rings. The topological polar surface area (TPSA) is 82.1 Å². The molecule has 140 valence electrons. The summed E-state index contributed by atoms with van der Waals surface area (Å²) in [6, 6.07) is 9.59. The fourth-order valence-corrected chi connectivity index (χ4v) is 3.41. The molecule has 0 fully saturated rings. The Hall–Kier alpha value is -2.77. The van der Waals surface area contributed by atoms with Crippen molar-refractivity contribution in [2.45, 2.75) is 4.90 Å². The van der Waals surface area contributed by atoms with Gasteiger partial charge in [0.25, 0.3) is 11.1 Å². The molecule has 0 amide bonds. The zero-order valence-electron chi connectivity index (χ0n) is 15.2. The largest absolute Gasteiger partial charge is 0.472 e. The van der Waals surface area contributed by atoms with Crippen molar-refractivity contribution in [2.75, 3.05) is 26.4 Å². The van der Waals surface area contributed by atoms with Gasteiger partial charge in [0.1, 0.15) is 10.7 Å². The van der Waals surface area contributed by atoms with Crippen LogP contribution in [0.3, 0.4) is 0 Å². The quantitative estimate of drug-likeness (QED) is 0.620. The lowest BCUT2D eigenvalue weighted by Crippen LogP contribution is -2.46. The van der Waals surface area contributed by atoms with Crippen LogP contribution in [0.25, 0.3) is 12.2 Å². The van der Waals surface area contributed by atoms with Gasteiger partial charge in [0.2, 0.25) is 0 Å². The van der Waals surface area contributed by atoms with Crippen molar-refractivity contribution in [3.8, 4) is 0 Å². The molecular formula is C20H21N3O3S. The number of aromatic amines is 2. The van der Waals surface area contributed by atoms with Crippen molar-refractivity contribution in [3.63, 3.8) is 0 Å². The number of nitrogens with one attached hydrogen (secondary N) is 2. The molecule has 0 saturated heterocycles. The normalized spacial score (nSPS) is 12.9. The smallest absolute Gasteiger partial charge is 0.272 e. The van der Waals surface area contributed by atoms with Crippen molar-refractivity contribution < 1.29 is 4.42 Å². The highest BCUT2D eigenvalue weighted by molar-refractivity contribution is 7.99. The molecule has 3 aromatic rings. The van der Waals surface area contributed by atoms with E-state index in [1.165, 1.54) is 17.4 Å². The summed E-state index contributed by atoms with van der Waals surface area (Å²) < 4.78 is 4.96. The predicted octanol–water partition coefficient (Wildman–Crippen LogP) is 0.967. The summed E-state index contributed by atoms with van der Waals surface area (Å²) in [4.78, 5) is 33.1. The van der Waals surface area contributed by atoms with Crippen LogP contribution in [0.4, 0.5) is 0 Å². The molecule has 0 unspecified atom stereocenters. The molecule has 0 radical (unpaired) electrons. The summed E-state index contributed by atoms with van der Waals surface area (Å²) in [5.41, 5.74) is 0.835. The number of hydrogen-bond acceptors (Lipinski definition) is 5. The van der Waals surface area contributed by atoms with E-state index >= 15 is 0 Å². The van der Waals surface area contributed by atoms with Crippen LogP contribution in [0.2, 0.25) is 0 Å². The first-order chi connectivity index (χ1) is 13.0. The van der Waals surface area contributed by atoms with Crippen LogP contribution in [-0.4, -0.2) is 41.3 Å². The Bertz CT molecular complexity index is 1110. The van der Waals surface area contributed by atoms with Crippen LogP contribution in [0.15, 0.2) is 61.8 Å². The second kappa shape index (κ2) is 8.75. The Balaban J connectivity index is 1.84. The van der Waals surface area contributed by atoms with E-state index < -0.39 is 0 Å². The Labute approximate surface area is 160 Å². The molecular weight excluding hydrogens is 362 g/mol. The van der Waals surface area contributed by atoms with Crippen LogP contribution in [-0.2, 0) is 0 Å². The van der Waals surface area contributed by atoms with E-state index in [2.05, 4.69) is 29.0 Å². The van der Waals surface area contributed by atoms with Gasteiger partial charge in [-0.2, -0.15) is 0 Å². The van der Waals surface area contributed by atoms with Crippen molar-refractivity contribution in [2.24, 2.45) is 0 Å². The Kier molecular flexibility index (Phi) is 6.16. The zero-order chi connectivity index (χ0) is 19.2. The molecule has 2 N–H and O–H groups in total. The average Bonchev–Trinajstić information content (AvgIpc) is 3.13. The van der Waals surface area contributed by atoms with Crippen molar-refractivity contribution in [1.29, 1.82) is 0 Å². The van der Waals surface area contributed by atoms with Crippen LogP contribution >= 0.6 is 11.8 Å². The number of benzene rings is 1. The maximum absolute atomic E-state index is 12.3. The van der Waals surface area contributed by atoms with E-state index in [1.807, 2.05) is 24.3 Å². The first kappa shape index (κ1) is 19.0. The van der Waals surface area contributed by atoms with Gasteiger partial charge in [-0.3, -0.25) is 9.59 Å². The van der Waals surface area contributed by atoms with Gasteiger partial charge in [-0.05, 0) is 50.0 Å². The summed E-state index contributed by atoms with van der Waals surface area (Å²) >= 11 is 1.78. The highest BCUT2D eigenvalue weighted by Crippen LogP contribution is 2.18. The van der Waals surface area contributed by atoms with Gasteiger partial charge in [0.15, 0.2) is 0 Å². The van der Waals surface area contributed by atoms with E-state index in [9.17, 15) is 9.59 Å². The summed E-state index contributed by atoms with van der Waals surface area (Å²) in [6.45, 7) is 1.01. The highest BCUT2D eigenvalue weighted by atomic mass is 32.2. The summed E-state index contributed by atoms with van der Waals surface area (Å²) in [6.07, 6.45) is 6.22. The Morgan fingerprint density at radius 2 is 1.59 bits per heavy atom. The molecule has 0 spiro atoms. The first-order valence-corrected chi connectivity index (χ1v) is 9.46. The fraction of sp³-hybridized carbons (Fsp3) is 0.200. The van der Waals surface area contributed by atoms with Crippen molar-refractivity contribution >= 4 is 23.9 Å². The first-order valence-electron chi connectivity index (χ1n) is 8.47. The molecule has 1 aromatic carbocycles. The maximum Gasteiger partial charge on any atom is 0.272 e. The van der Waals surface area contributed by atoms with Crippen LogP contribution in [0.5, 0.6) is 0 Å². The molecule has 0 bridgehead atoms. The predicted molar refractivity (Wildman–Crippen MR) is 108 cm³/mol. The minimum atomic E-state index is -0.363. The molecule has 2 heterocycles. The van der Waals surface area contributed by atoms with Gasteiger partial charge < -0.3 is 19.3 Å². The maximum atomic E-state index is 12.3. The zero-order valence-corrected chi connectivity index (χ0v) is 16.0. The molecule has 6 nitrogen and oxygen atoms in total. The molecule has 0 aliphatic carbocycles. The van der Waals surface area contributed by atoms with Gasteiger partial charge in [0.05, 0.1) is 12.5 Å². The highest BCUT2D eigenvalue weighted by Gasteiger charge is 1.99. The van der Waals surface area contributed by atoms with E-state index in [4.69, 9.17) is 4.42 Å². The lowest BCUT2D eigenvalue weighted by Gasteiger charge is -2.08. The lowest BCUT2D eigenvalue weighted by molar-refractivity contribution is 0.437. The van der Waals surface area contributed by atoms with E-state index in [1.54, 1.807) is 30.0 Å². The number of nitrogens with zero attached hydrogens (tertiary/aromatic N) is 1. The van der Waals surface area contributed by atoms with Crippen LogP contribution in [0.1, 0.15) is 11.1 Å². The van der Waals surface area contributed by atoms with E-state index in [0.717, 1.165) is 17.9 Å². The molecule has 3 rings (SSSR count). The molecule has 0 atom stereocenters. The lowest BCUT2D eigenvalue weighted by atomic mass is 10.2. The van der Waals surface area contributed by atoms with Gasteiger partial charge in [0, 0.05) is 22.8 Å². The third-order valence-electron chi connectivity index (χ3n) is 3.84. The number of thioether (sulfide) groups is 1. The van der Waals surface area contributed by atoms with E-state index in [0.29, 0.717) is 5.56 Å². The third kappa shape index (κ3) is 5.35. The van der Waals surface area contributed by atoms with Gasteiger partial charge in [-0.25, -0.2) is 0 Å². The number of hydrogen-bond donors (Lipinski definition) is 2. The third-order valence-corrected chi connectivity index (χ3v) is 4.83. The van der Waals surface area contributed by atoms with E-state index in [-0.39, 0.29) is 21.8 Å². The molecule has 0 saturated carbocycles. The fourth-order valence-electron chi connectivity index (χ4n) is 2.39. The molecule has 7 heteroatoms. The van der Waals surface area contributed by atoms with Crippen LogP contribution < -0.4 is 21.8 Å². The monoisotopic (exact) mass is 383 g/mol. The number of rotatable bonds is 6. The van der Waals surface area contributed by atoms with Gasteiger partial charge >= 0.3 is 0 Å². The SMILES string of the molecule is CN(C)CCSc1ccc(/C=c2\[nH]c(=O)/c(=C/c3ccoc3)[nH]c2=O)cc1. The summed E-state index contributed by atoms with van der Waals surface area (Å²) in [5, 5.41) is 0.406. The Morgan fingerprint density at radius 3 is 2.15 bits per heavy atom.